The number of pyridine rings is 1. The SMILES string of the molecule is Cc1ncc(N(C)C(=O)O[C@@H]2COc3c(ccc4nc(-c5cc(Cl)cc6cc(OC(F)F)cnc56)sc34)O2)cn1. The summed E-state index contributed by atoms with van der Waals surface area (Å²) in [5.41, 5.74) is 2.24. The normalized spacial score (nSPS) is 14.5. The molecule has 0 N–H and O–H groups in total. The molecule has 204 valence electrons. The van der Waals surface area contributed by atoms with Gasteiger partial charge < -0.3 is 18.9 Å². The van der Waals surface area contributed by atoms with Crippen LogP contribution in [0.15, 0.2) is 48.9 Å². The van der Waals surface area contributed by atoms with E-state index in [4.69, 9.17) is 30.8 Å². The van der Waals surface area contributed by atoms with Crippen molar-refractivity contribution in [3.05, 3.63) is 59.8 Å². The summed E-state index contributed by atoms with van der Waals surface area (Å²) >= 11 is 7.66. The third-order valence-corrected chi connectivity index (χ3v) is 7.26. The van der Waals surface area contributed by atoms with E-state index in [1.807, 2.05) is 0 Å². The van der Waals surface area contributed by atoms with Crippen molar-refractivity contribution in [2.24, 2.45) is 0 Å². The molecule has 0 aliphatic carbocycles. The first kappa shape index (κ1) is 25.9. The molecule has 0 fully saturated rings. The van der Waals surface area contributed by atoms with Crippen LogP contribution < -0.4 is 19.1 Å². The molecule has 1 aliphatic heterocycles. The highest BCUT2D eigenvalue weighted by Crippen LogP contribution is 2.45. The number of carbonyl (C=O) groups excluding carboxylic acids is 1. The second kappa shape index (κ2) is 10.3. The molecule has 1 atom stereocenters. The standard InChI is InChI=1S/C26H18ClF2N5O5S/c1-12-30-8-15(9-31-12)34(2)26(35)39-20-11-36-22-19(38-20)4-3-18-23(22)40-24(33-18)17-7-14(27)5-13-6-16(37-25(28)29)10-32-21(13)17/h3-10,20,25H,11H2,1-2H3/t20-/m1/s1. The molecule has 1 aliphatic rings. The van der Waals surface area contributed by atoms with Gasteiger partial charge in [0.15, 0.2) is 18.1 Å². The van der Waals surface area contributed by atoms with Crippen LogP contribution >= 0.6 is 22.9 Å². The first-order valence-electron chi connectivity index (χ1n) is 11.8. The Kier molecular flexibility index (Phi) is 6.68. The molecule has 2 aromatic carbocycles. The average molecular weight is 586 g/mol. The van der Waals surface area contributed by atoms with Crippen molar-refractivity contribution in [2.45, 2.75) is 19.8 Å². The first-order chi connectivity index (χ1) is 19.2. The van der Waals surface area contributed by atoms with Crippen LogP contribution in [0, 0.1) is 6.92 Å². The van der Waals surface area contributed by atoms with Gasteiger partial charge in [0, 0.05) is 23.0 Å². The molecule has 6 rings (SSSR count). The number of aryl methyl sites for hydroxylation is 1. The van der Waals surface area contributed by atoms with Crippen LogP contribution in [0.3, 0.4) is 0 Å². The molecule has 0 bridgehead atoms. The average Bonchev–Trinajstić information content (AvgIpc) is 3.37. The van der Waals surface area contributed by atoms with Gasteiger partial charge in [-0.2, -0.15) is 8.78 Å². The maximum atomic E-state index is 12.7. The number of alkyl halides is 2. The third-order valence-electron chi connectivity index (χ3n) is 5.94. The number of rotatable bonds is 5. The molecule has 40 heavy (non-hydrogen) atoms. The molecule has 3 aromatic heterocycles. The number of anilines is 1. The number of nitrogens with zero attached hydrogens (tertiary/aromatic N) is 5. The van der Waals surface area contributed by atoms with Crippen molar-refractivity contribution in [1.82, 2.24) is 19.9 Å². The van der Waals surface area contributed by atoms with Crippen molar-refractivity contribution in [3.63, 3.8) is 0 Å². The van der Waals surface area contributed by atoms with Gasteiger partial charge in [-0.1, -0.05) is 11.6 Å². The van der Waals surface area contributed by atoms with Crippen molar-refractivity contribution < 1.29 is 32.5 Å². The summed E-state index contributed by atoms with van der Waals surface area (Å²) in [6.07, 6.45) is 2.62. The molecular formula is C26H18ClF2N5O5S. The van der Waals surface area contributed by atoms with E-state index in [1.54, 1.807) is 31.2 Å². The molecule has 5 aromatic rings. The fraction of sp³-hybridized carbons (Fsp3) is 0.192. The lowest BCUT2D eigenvalue weighted by atomic mass is 10.1. The Morgan fingerprint density at radius 1 is 1.18 bits per heavy atom. The molecule has 1 amide bonds. The van der Waals surface area contributed by atoms with E-state index in [-0.39, 0.29) is 12.4 Å². The lowest BCUT2D eigenvalue weighted by molar-refractivity contribution is -0.0717. The summed E-state index contributed by atoms with van der Waals surface area (Å²) in [6.45, 7) is -1.27. The minimum Gasteiger partial charge on any atom is -0.480 e. The zero-order chi connectivity index (χ0) is 28.0. The topological polar surface area (TPSA) is 109 Å². The van der Waals surface area contributed by atoms with E-state index in [2.05, 4.69) is 19.7 Å². The number of halogens is 3. The van der Waals surface area contributed by atoms with E-state index in [9.17, 15) is 13.6 Å². The molecule has 0 spiro atoms. The minimum atomic E-state index is -2.97. The van der Waals surface area contributed by atoms with Crippen LogP contribution in [0.2, 0.25) is 5.02 Å². The van der Waals surface area contributed by atoms with E-state index in [0.29, 0.717) is 59.7 Å². The maximum Gasteiger partial charge on any atom is 0.417 e. The van der Waals surface area contributed by atoms with Gasteiger partial charge in [0.2, 0.25) is 0 Å². The Labute approximate surface area is 234 Å². The van der Waals surface area contributed by atoms with Crippen molar-refractivity contribution in [2.75, 3.05) is 18.6 Å². The minimum absolute atomic E-state index is 0.0438. The Bertz CT molecular complexity index is 1750. The van der Waals surface area contributed by atoms with E-state index >= 15 is 0 Å². The lowest BCUT2D eigenvalue weighted by Crippen LogP contribution is -2.38. The van der Waals surface area contributed by atoms with Crippen molar-refractivity contribution >= 4 is 55.8 Å². The lowest BCUT2D eigenvalue weighted by Gasteiger charge is -2.27. The number of carbonyl (C=O) groups is 1. The summed E-state index contributed by atoms with van der Waals surface area (Å²) in [5, 5.41) is 1.49. The monoisotopic (exact) mass is 585 g/mol. The van der Waals surface area contributed by atoms with E-state index < -0.39 is 19.0 Å². The number of benzene rings is 2. The number of thiazole rings is 1. The summed E-state index contributed by atoms with van der Waals surface area (Å²) in [4.78, 5) is 31.1. The molecule has 0 radical (unpaired) electrons. The van der Waals surface area contributed by atoms with Gasteiger partial charge >= 0.3 is 12.7 Å². The molecule has 4 heterocycles. The Morgan fingerprint density at radius 3 is 2.75 bits per heavy atom. The highest BCUT2D eigenvalue weighted by molar-refractivity contribution is 7.22. The van der Waals surface area contributed by atoms with Gasteiger partial charge in [-0.05, 0) is 37.3 Å². The van der Waals surface area contributed by atoms with Gasteiger partial charge in [0.1, 0.15) is 21.3 Å². The van der Waals surface area contributed by atoms with E-state index in [1.165, 1.54) is 47.9 Å². The fourth-order valence-electron chi connectivity index (χ4n) is 4.06. The second-order valence-electron chi connectivity index (χ2n) is 8.62. The molecule has 0 saturated heterocycles. The smallest absolute Gasteiger partial charge is 0.417 e. The number of fused-ring (bicyclic) bond motifs is 4. The number of hydrogen-bond donors (Lipinski definition) is 0. The quantitative estimate of drug-likeness (QED) is 0.237. The molecule has 0 unspecified atom stereocenters. The predicted octanol–water partition coefficient (Wildman–Crippen LogP) is 6.24. The second-order valence-corrected chi connectivity index (χ2v) is 10.1. The maximum absolute atomic E-state index is 12.7. The van der Waals surface area contributed by atoms with Crippen molar-refractivity contribution in [3.8, 4) is 27.8 Å². The predicted molar refractivity (Wildman–Crippen MR) is 144 cm³/mol. The van der Waals surface area contributed by atoms with Gasteiger partial charge in [0.25, 0.3) is 6.29 Å². The molecular weight excluding hydrogens is 568 g/mol. The van der Waals surface area contributed by atoms with Crippen LogP contribution in [0.25, 0.3) is 31.7 Å². The Morgan fingerprint density at radius 2 is 1.98 bits per heavy atom. The van der Waals surface area contributed by atoms with Crippen molar-refractivity contribution in [1.29, 1.82) is 0 Å². The largest absolute Gasteiger partial charge is 0.480 e. The molecule has 14 heteroatoms. The van der Waals surface area contributed by atoms with Gasteiger partial charge in [-0.3, -0.25) is 9.88 Å². The van der Waals surface area contributed by atoms with Crippen LogP contribution in [-0.2, 0) is 4.74 Å². The van der Waals surface area contributed by atoms with Gasteiger partial charge in [0.05, 0.1) is 35.3 Å². The van der Waals surface area contributed by atoms with E-state index in [0.717, 1.165) is 0 Å². The number of ether oxygens (including phenoxy) is 4. The summed E-state index contributed by atoms with van der Waals surface area (Å²) in [7, 11) is 1.54. The fourth-order valence-corrected chi connectivity index (χ4v) is 5.36. The van der Waals surface area contributed by atoms with Crippen LogP contribution in [0.1, 0.15) is 5.82 Å². The number of hydrogen-bond acceptors (Lipinski definition) is 10. The zero-order valence-corrected chi connectivity index (χ0v) is 22.4. The summed E-state index contributed by atoms with van der Waals surface area (Å²) in [6, 6.07) is 8.20. The number of aromatic nitrogens is 4. The van der Waals surface area contributed by atoms with Crippen LogP contribution in [-0.4, -0.2) is 52.6 Å². The Hall–Kier alpha value is -4.36. The van der Waals surface area contributed by atoms with Gasteiger partial charge in [-0.15, -0.1) is 11.3 Å². The highest BCUT2D eigenvalue weighted by atomic mass is 35.5. The summed E-state index contributed by atoms with van der Waals surface area (Å²) < 4.78 is 47.8. The highest BCUT2D eigenvalue weighted by Gasteiger charge is 2.29. The van der Waals surface area contributed by atoms with Gasteiger partial charge in [-0.25, -0.2) is 19.7 Å². The van der Waals surface area contributed by atoms with Crippen LogP contribution in [0.5, 0.6) is 17.2 Å². The Balaban J connectivity index is 1.26. The number of amides is 1. The zero-order valence-electron chi connectivity index (χ0n) is 20.8. The molecule has 0 saturated carbocycles. The summed E-state index contributed by atoms with van der Waals surface area (Å²) in [5.74, 6) is 1.35. The molecule has 10 nitrogen and oxygen atoms in total. The first-order valence-corrected chi connectivity index (χ1v) is 12.9. The van der Waals surface area contributed by atoms with Crippen LogP contribution in [0.4, 0.5) is 19.3 Å². The third kappa shape index (κ3) is 5.00.